The fourth-order valence-electron chi connectivity index (χ4n) is 8.46. The standard InChI is InChI=1S/C62H108NO8P/c1-6-8-10-12-14-16-18-20-22-24-26-28-30-32-34-36-38-40-42-44-46-48-50-52-54-61(64)68-58-60(59-70-72(66,67)69-57-56-63(3,4)5)71-62(65)55-53-51-49-47-45-43-41-39-37-35-33-31-29-27-25-23-21-19-17-15-13-11-9-7-2/h60H,6-47,56-59H2,1-5H3/p+1/t60-/m1/s1. The molecule has 0 aromatic heterocycles. The first-order valence-electron chi connectivity index (χ1n) is 29.8. The molecule has 0 aliphatic carbocycles. The fraction of sp³-hybridized carbons (Fsp3) is 0.839. The lowest BCUT2D eigenvalue weighted by Gasteiger charge is -2.24. The number of phosphoric acid groups is 1. The highest BCUT2D eigenvalue weighted by atomic mass is 31.2. The number of rotatable bonds is 50. The van der Waals surface area contributed by atoms with Crippen LogP contribution in [0.2, 0.25) is 0 Å². The van der Waals surface area contributed by atoms with Gasteiger partial charge in [0.25, 0.3) is 0 Å². The number of likely N-dealkylation sites (N-methyl/N-ethyl adjacent to an activating group) is 1. The number of ether oxygens (including phenoxy) is 2. The molecule has 2 atom stereocenters. The van der Waals surface area contributed by atoms with E-state index in [0.29, 0.717) is 23.9 Å². The zero-order chi connectivity index (χ0) is 52.7. The lowest BCUT2D eigenvalue weighted by atomic mass is 10.0. The predicted molar refractivity (Wildman–Crippen MR) is 302 cm³/mol. The third kappa shape index (κ3) is 56.5. The van der Waals surface area contributed by atoms with Crippen molar-refractivity contribution in [3.63, 3.8) is 0 Å². The average molecular weight is 1030 g/mol. The van der Waals surface area contributed by atoms with Gasteiger partial charge in [0.1, 0.15) is 19.8 Å². The van der Waals surface area contributed by atoms with Crippen LogP contribution in [0.4, 0.5) is 0 Å². The summed E-state index contributed by atoms with van der Waals surface area (Å²) in [6, 6.07) is 0. The van der Waals surface area contributed by atoms with Crippen molar-refractivity contribution < 1.29 is 42.1 Å². The number of nitrogens with zero attached hydrogens (tertiary/aromatic N) is 1. The van der Waals surface area contributed by atoms with Crippen LogP contribution in [0.5, 0.6) is 0 Å². The Balaban J connectivity index is 4.34. The van der Waals surface area contributed by atoms with Crippen LogP contribution in [0.3, 0.4) is 0 Å². The highest BCUT2D eigenvalue weighted by Crippen LogP contribution is 2.43. The van der Waals surface area contributed by atoms with Crippen molar-refractivity contribution in [3.8, 4) is 47.4 Å². The number of unbranched alkanes of at least 4 members (excludes halogenated alkanes) is 40. The van der Waals surface area contributed by atoms with E-state index < -0.39 is 39.1 Å². The van der Waals surface area contributed by atoms with Gasteiger partial charge in [0.05, 0.1) is 27.7 Å². The zero-order valence-electron chi connectivity index (χ0n) is 47.3. The molecule has 0 amide bonds. The molecule has 0 saturated carbocycles. The van der Waals surface area contributed by atoms with E-state index in [9.17, 15) is 19.0 Å². The Hall–Kier alpha value is -2.75. The normalized spacial score (nSPS) is 12.2. The molecule has 0 radical (unpaired) electrons. The van der Waals surface area contributed by atoms with E-state index in [1.54, 1.807) is 0 Å². The molecule has 9 nitrogen and oxygen atoms in total. The number of carbonyl (C=O) groups excluding carboxylic acids is 2. The van der Waals surface area contributed by atoms with Crippen molar-refractivity contribution in [2.45, 2.75) is 290 Å². The summed E-state index contributed by atoms with van der Waals surface area (Å²) in [6.07, 6.45) is 53.7. The Morgan fingerprint density at radius 3 is 1.06 bits per heavy atom. The number of hydrogen-bond acceptors (Lipinski definition) is 7. The van der Waals surface area contributed by atoms with E-state index >= 15 is 0 Å². The van der Waals surface area contributed by atoms with Gasteiger partial charge in [-0.05, 0) is 36.5 Å². The van der Waals surface area contributed by atoms with Crippen LogP contribution in [0.15, 0.2) is 0 Å². The van der Waals surface area contributed by atoms with Gasteiger partial charge < -0.3 is 18.9 Å². The van der Waals surface area contributed by atoms with Crippen LogP contribution in [0.1, 0.15) is 284 Å². The van der Waals surface area contributed by atoms with Crippen molar-refractivity contribution in [1.29, 1.82) is 0 Å². The van der Waals surface area contributed by atoms with Crippen LogP contribution in [0.25, 0.3) is 0 Å². The van der Waals surface area contributed by atoms with Crippen LogP contribution >= 0.6 is 7.82 Å². The first-order valence-corrected chi connectivity index (χ1v) is 31.3. The average Bonchev–Trinajstić information content (AvgIpc) is 3.34. The summed E-state index contributed by atoms with van der Waals surface area (Å²) in [7, 11) is 1.27. The Morgan fingerprint density at radius 1 is 0.431 bits per heavy atom. The van der Waals surface area contributed by atoms with E-state index in [4.69, 9.17) is 18.5 Å². The molecule has 0 aliphatic rings. The minimum atomic E-state index is -4.48. The minimum absolute atomic E-state index is 0.0311. The molecule has 72 heavy (non-hydrogen) atoms. The number of hydrogen-bond donors (Lipinski definition) is 1. The molecule has 0 aromatic carbocycles. The van der Waals surface area contributed by atoms with E-state index in [0.717, 1.165) is 25.7 Å². The first kappa shape index (κ1) is 69.2. The Labute approximate surface area is 444 Å². The molecule has 1 N–H and O–H groups in total. The summed E-state index contributed by atoms with van der Waals surface area (Å²) in [4.78, 5) is 35.1. The SMILES string of the molecule is CCCCCCCCCCCCCCCCCCCCCCC#CC#CC(=O)OC[C@H](COP(=O)(O)OCC[N+](C)(C)C)OC(=O)C#CC#CCCCCCCCCCCCCCCCCCCCCCC. The summed E-state index contributed by atoms with van der Waals surface area (Å²) < 4.78 is 33.7. The fourth-order valence-corrected chi connectivity index (χ4v) is 9.20. The molecule has 414 valence electrons. The Morgan fingerprint density at radius 2 is 0.736 bits per heavy atom. The zero-order valence-corrected chi connectivity index (χ0v) is 48.2. The summed E-state index contributed by atoms with van der Waals surface area (Å²) in [6.45, 7) is 3.94. The number of carbonyl (C=O) groups is 2. The molecule has 0 aromatic rings. The molecule has 0 saturated heterocycles. The van der Waals surface area contributed by atoms with Gasteiger partial charge in [0.15, 0.2) is 6.10 Å². The second kappa shape index (κ2) is 53.1. The Bertz CT molecular complexity index is 1580. The van der Waals surface area contributed by atoms with Crippen LogP contribution in [-0.4, -0.2) is 74.9 Å². The maximum atomic E-state index is 12.5. The summed E-state index contributed by atoms with van der Waals surface area (Å²) in [5.74, 6) is 19.2. The van der Waals surface area contributed by atoms with Crippen molar-refractivity contribution in [2.24, 2.45) is 0 Å². The van der Waals surface area contributed by atoms with Gasteiger partial charge in [-0.2, -0.15) is 0 Å². The predicted octanol–water partition coefficient (Wildman–Crippen LogP) is 16.7. The molecule has 0 aliphatic heterocycles. The topological polar surface area (TPSA) is 108 Å². The molecule has 0 bridgehead atoms. The molecule has 0 rings (SSSR count). The maximum absolute atomic E-state index is 12.5. The van der Waals surface area contributed by atoms with E-state index in [1.165, 1.54) is 231 Å². The molecule has 0 heterocycles. The van der Waals surface area contributed by atoms with Gasteiger partial charge in [-0.3, -0.25) is 9.05 Å². The smallest absolute Gasteiger partial charge is 0.452 e. The third-order valence-corrected chi connectivity index (χ3v) is 14.0. The lowest BCUT2D eigenvalue weighted by Crippen LogP contribution is -2.37. The Kier molecular flexibility index (Phi) is 51.1. The van der Waals surface area contributed by atoms with Crippen LogP contribution in [0, 0.1) is 47.4 Å². The molecular weight excluding hydrogens is 918 g/mol. The van der Waals surface area contributed by atoms with Crippen LogP contribution < -0.4 is 0 Å². The quantitative estimate of drug-likeness (QED) is 0.0160. The summed E-state index contributed by atoms with van der Waals surface area (Å²) in [5, 5.41) is 0. The van der Waals surface area contributed by atoms with Gasteiger partial charge in [-0.15, -0.1) is 0 Å². The number of quaternary nitrogens is 1. The van der Waals surface area contributed by atoms with Gasteiger partial charge in [0, 0.05) is 24.7 Å². The lowest BCUT2D eigenvalue weighted by molar-refractivity contribution is -0.870. The summed E-state index contributed by atoms with van der Waals surface area (Å²) >= 11 is 0. The van der Waals surface area contributed by atoms with Gasteiger partial charge >= 0.3 is 19.8 Å². The van der Waals surface area contributed by atoms with E-state index in [1.807, 2.05) is 21.1 Å². The molecule has 1 unspecified atom stereocenters. The molecule has 10 heteroatoms. The maximum Gasteiger partial charge on any atom is 0.472 e. The first-order chi connectivity index (χ1) is 35.0. The van der Waals surface area contributed by atoms with Crippen molar-refractivity contribution in [3.05, 3.63) is 0 Å². The van der Waals surface area contributed by atoms with Gasteiger partial charge in [0.2, 0.25) is 0 Å². The van der Waals surface area contributed by atoms with Gasteiger partial charge in [-0.25, -0.2) is 14.2 Å². The van der Waals surface area contributed by atoms with Crippen LogP contribution in [-0.2, 0) is 32.7 Å². The third-order valence-electron chi connectivity index (χ3n) is 13.1. The van der Waals surface area contributed by atoms with E-state index in [2.05, 4.69) is 61.2 Å². The number of phosphoric ester groups is 1. The second-order valence-electron chi connectivity index (χ2n) is 21.3. The van der Waals surface area contributed by atoms with E-state index in [-0.39, 0.29) is 6.61 Å². The largest absolute Gasteiger partial charge is 0.472 e. The second-order valence-corrected chi connectivity index (χ2v) is 22.7. The number of esters is 2. The monoisotopic (exact) mass is 1030 g/mol. The molecular formula is C62H109NO8P+. The minimum Gasteiger partial charge on any atom is -0.452 e. The van der Waals surface area contributed by atoms with Gasteiger partial charge in [-0.1, -0.05) is 270 Å². The van der Waals surface area contributed by atoms with Crippen molar-refractivity contribution >= 4 is 19.8 Å². The van der Waals surface area contributed by atoms with Crippen molar-refractivity contribution in [2.75, 3.05) is 47.5 Å². The highest BCUT2D eigenvalue weighted by Gasteiger charge is 2.26. The highest BCUT2D eigenvalue weighted by molar-refractivity contribution is 7.47. The molecule has 0 spiro atoms. The summed E-state index contributed by atoms with van der Waals surface area (Å²) in [5.41, 5.74) is 0. The molecule has 0 fully saturated rings. The van der Waals surface area contributed by atoms with Crippen molar-refractivity contribution in [1.82, 2.24) is 0 Å².